The third-order valence-corrected chi connectivity index (χ3v) is 9.46. The number of carbonyl (C=O) groups excluding carboxylic acids is 1. The molecule has 4 aliphatic rings. The molecule has 3 aliphatic carbocycles. The van der Waals surface area contributed by atoms with Crippen LogP contribution in [0.4, 0.5) is 0 Å². The van der Waals surface area contributed by atoms with Gasteiger partial charge < -0.3 is 5.32 Å². The molecule has 1 amide bonds. The van der Waals surface area contributed by atoms with Crippen LogP contribution in [-0.2, 0) is 4.79 Å². The zero-order chi connectivity index (χ0) is 18.0. The van der Waals surface area contributed by atoms with E-state index in [-0.39, 0.29) is 11.3 Å². The molecule has 1 N–H and O–H groups in total. The molecule has 140 valence electrons. The first-order valence-electron chi connectivity index (χ1n) is 10.8. The molecule has 0 radical (unpaired) electrons. The first kappa shape index (κ1) is 17.6. The van der Waals surface area contributed by atoms with Crippen LogP contribution in [0.2, 0.25) is 0 Å². The summed E-state index contributed by atoms with van der Waals surface area (Å²) in [5.74, 6) is 5.11. The molecule has 0 saturated heterocycles. The summed E-state index contributed by atoms with van der Waals surface area (Å²) in [7, 11) is 0. The highest BCUT2D eigenvalue weighted by Crippen LogP contribution is 2.67. The number of amides is 1. The van der Waals surface area contributed by atoms with Crippen molar-refractivity contribution in [2.75, 3.05) is 0 Å². The maximum atomic E-state index is 11.9. The highest BCUT2D eigenvalue weighted by molar-refractivity contribution is 5.89. The minimum atomic E-state index is 0.117. The van der Waals surface area contributed by atoms with E-state index in [1.54, 1.807) is 0 Å². The van der Waals surface area contributed by atoms with Crippen LogP contribution in [0.25, 0.3) is 0 Å². The number of rotatable bonds is 2. The molecule has 2 nitrogen and oxygen atoms in total. The first-order valence-corrected chi connectivity index (χ1v) is 10.8. The van der Waals surface area contributed by atoms with Gasteiger partial charge in [0.1, 0.15) is 0 Å². The van der Waals surface area contributed by atoms with Crippen LogP contribution in [0.1, 0.15) is 73.1 Å². The fourth-order valence-corrected chi connectivity index (χ4v) is 7.94. The first-order chi connectivity index (χ1) is 11.8. The maximum Gasteiger partial charge on any atom is 0.243 e. The van der Waals surface area contributed by atoms with Gasteiger partial charge in [0.05, 0.1) is 0 Å². The summed E-state index contributed by atoms with van der Waals surface area (Å²) in [6.45, 7) is 12.4. The largest absolute Gasteiger partial charge is 0.349 e. The standard InChI is InChI=1S/C23H37NO/c1-6-14(2)16-7-8-17-21-15(3)13-19-23(5,12-10-20(25)24-19)18(21)9-11-22(16,17)4/h10,12,14-19,21H,6-9,11,13H2,1-5H3,(H,24,25)/t14?,15?,16-,17+,18+,19?,21+,22-,23-/m1/s1. The van der Waals surface area contributed by atoms with Crippen molar-refractivity contribution in [1.82, 2.24) is 5.32 Å². The summed E-state index contributed by atoms with van der Waals surface area (Å²) in [6, 6.07) is 0.345. The van der Waals surface area contributed by atoms with E-state index in [0.29, 0.717) is 11.5 Å². The Balaban J connectivity index is 1.68. The van der Waals surface area contributed by atoms with Crippen LogP contribution in [0.3, 0.4) is 0 Å². The Morgan fingerprint density at radius 2 is 2.00 bits per heavy atom. The van der Waals surface area contributed by atoms with Crippen molar-refractivity contribution in [1.29, 1.82) is 0 Å². The third-order valence-electron chi connectivity index (χ3n) is 9.46. The van der Waals surface area contributed by atoms with E-state index in [1.807, 2.05) is 6.08 Å². The number of nitrogens with one attached hydrogen (secondary N) is 1. The van der Waals surface area contributed by atoms with Crippen LogP contribution < -0.4 is 5.32 Å². The monoisotopic (exact) mass is 343 g/mol. The molecule has 4 rings (SSSR count). The summed E-state index contributed by atoms with van der Waals surface area (Å²) in [4.78, 5) is 11.9. The van der Waals surface area contributed by atoms with Gasteiger partial charge in [-0.15, -0.1) is 0 Å². The quantitative estimate of drug-likeness (QED) is 0.734. The number of carbonyl (C=O) groups is 1. The average Bonchev–Trinajstić information content (AvgIpc) is 2.93. The fourth-order valence-electron chi connectivity index (χ4n) is 7.94. The van der Waals surface area contributed by atoms with Gasteiger partial charge in [-0.2, -0.15) is 0 Å². The van der Waals surface area contributed by atoms with Gasteiger partial charge in [0.2, 0.25) is 5.91 Å². The van der Waals surface area contributed by atoms with Gasteiger partial charge >= 0.3 is 0 Å². The fraction of sp³-hybridized carbons (Fsp3) is 0.870. The van der Waals surface area contributed by atoms with E-state index in [1.165, 1.54) is 32.1 Å². The zero-order valence-electron chi connectivity index (χ0n) is 16.8. The number of fused-ring (bicyclic) bond motifs is 5. The highest BCUT2D eigenvalue weighted by Gasteiger charge is 2.61. The van der Waals surface area contributed by atoms with Gasteiger partial charge in [-0.3, -0.25) is 4.79 Å². The Hall–Kier alpha value is -0.790. The highest BCUT2D eigenvalue weighted by atomic mass is 16.1. The third kappa shape index (κ3) is 2.38. The van der Waals surface area contributed by atoms with Crippen molar-refractivity contribution < 1.29 is 4.79 Å². The molecule has 0 bridgehead atoms. The molecule has 1 aliphatic heterocycles. The van der Waals surface area contributed by atoms with Gasteiger partial charge in [0, 0.05) is 11.5 Å². The SMILES string of the molecule is CCC(C)[C@H]1CC[C@H]2[C@@H]3C(C)CC4NC(=O)C=C[C@]4(C)[C@H]3CC[C@]12C. The number of hydrogen-bond donors (Lipinski definition) is 1. The molecular weight excluding hydrogens is 306 g/mol. The summed E-state index contributed by atoms with van der Waals surface area (Å²) in [5, 5.41) is 3.30. The Bertz CT molecular complexity index is 583. The van der Waals surface area contributed by atoms with Crippen LogP contribution in [-0.4, -0.2) is 11.9 Å². The lowest BCUT2D eigenvalue weighted by atomic mass is 9.45. The van der Waals surface area contributed by atoms with Crippen molar-refractivity contribution in [3.05, 3.63) is 12.2 Å². The van der Waals surface area contributed by atoms with E-state index >= 15 is 0 Å². The van der Waals surface area contributed by atoms with E-state index in [9.17, 15) is 4.79 Å². The van der Waals surface area contributed by atoms with Crippen LogP contribution >= 0.6 is 0 Å². The molecule has 0 spiro atoms. The lowest BCUT2D eigenvalue weighted by Crippen LogP contribution is -2.61. The van der Waals surface area contributed by atoms with Gasteiger partial charge in [0.25, 0.3) is 0 Å². The normalized spacial score (nSPS) is 52.8. The maximum absolute atomic E-state index is 11.9. The Labute approximate surface area is 154 Å². The predicted molar refractivity (Wildman–Crippen MR) is 103 cm³/mol. The van der Waals surface area contributed by atoms with E-state index in [2.05, 4.69) is 46.0 Å². The Morgan fingerprint density at radius 1 is 1.24 bits per heavy atom. The topological polar surface area (TPSA) is 29.1 Å². The molecule has 3 unspecified atom stereocenters. The molecule has 1 heterocycles. The van der Waals surface area contributed by atoms with E-state index in [0.717, 1.165) is 41.9 Å². The van der Waals surface area contributed by atoms with Crippen LogP contribution in [0.5, 0.6) is 0 Å². The van der Waals surface area contributed by atoms with Gasteiger partial charge in [-0.25, -0.2) is 0 Å². The minimum absolute atomic E-state index is 0.117. The predicted octanol–water partition coefficient (Wildman–Crippen LogP) is 5.19. The second kappa shape index (κ2) is 5.86. The van der Waals surface area contributed by atoms with Crippen molar-refractivity contribution in [3.63, 3.8) is 0 Å². The zero-order valence-corrected chi connectivity index (χ0v) is 16.8. The number of hydrogen-bond acceptors (Lipinski definition) is 1. The Morgan fingerprint density at radius 3 is 2.72 bits per heavy atom. The minimum Gasteiger partial charge on any atom is -0.349 e. The summed E-state index contributed by atoms with van der Waals surface area (Å²) in [5.41, 5.74) is 0.719. The Kier molecular flexibility index (Phi) is 4.13. The smallest absolute Gasteiger partial charge is 0.243 e. The van der Waals surface area contributed by atoms with Crippen molar-refractivity contribution in [2.24, 2.45) is 46.3 Å². The molecule has 3 fully saturated rings. The van der Waals surface area contributed by atoms with Gasteiger partial charge in [-0.05, 0) is 79.1 Å². The van der Waals surface area contributed by atoms with Gasteiger partial charge in [0.15, 0.2) is 0 Å². The lowest BCUT2D eigenvalue weighted by Gasteiger charge is -2.61. The average molecular weight is 344 g/mol. The lowest BCUT2D eigenvalue weighted by molar-refractivity contribution is -0.126. The molecule has 2 heteroatoms. The van der Waals surface area contributed by atoms with Crippen molar-refractivity contribution in [2.45, 2.75) is 79.2 Å². The molecule has 9 atom stereocenters. The van der Waals surface area contributed by atoms with Gasteiger partial charge in [-0.1, -0.05) is 47.1 Å². The second-order valence-corrected chi connectivity index (χ2v) is 10.4. The molecule has 3 saturated carbocycles. The summed E-state index contributed by atoms with van der Waals surface area (Å²) < 4.78 is 0. The molecule has 0 aromatic carbocycles. The van der Waals surface area contributed by atoms with Crippen molar-refractivity contribution >= 4 is 5.91 Å². The van der Waals surface area contributed by atoms with Crippen LogP contribution in [0.15, 0.2) is 12.2 Å². The van der Waals surface area contributed by atoms with E-state index < -0.39 is 0 Å². The van der Waals surface area contributed by atoms with Crippen LogP contribution in [0, 0.1) is 46.3 Å². The summed E-state index contributed by atoms with van der Waals surface area (Å²) in [6.07, 6.45) is 12.2. The van der Waals surface area contributed by atoms with E-state index in [4.69, 9.17) is 0 Å². The molecule has 0 aromatic rings. The molecule has 0 aromatic heterocycles. The summed E-state index contributed by atoms with van der Waals surface area (Å²) >= 11 is 0. The molecular formula is C23H37NO. The van der Waals surface area contributed by atoms with Crippen molar-refractivity contribution in [3.8, 4) is 0 Å². The molecule has 25 heavy (non-hydrogen) atoms. The second-order valence-electron chi connectivity index (χ2n) is 10.4.